The maximum absolute atomic E-state index is 11.9. The zero-order valence-electron chi connectivity index (χ0n) is 11.4. The number of benzene rings is 2. The third-order valence-corrected chi connectivity index (χ3v) is 2.93. The van der Waals surface area contributed by atoms with E-state index in [1.54, 1.807) is 18.2 Å². The molecule has 112 valence electrons. The SMILES string of the molecule is NC(=O)c1ccccc1COC(=O)c1cccc([N+](=O)[O-])c1. The second kappa shape index (κ2) is 6.49. The van der Waals surface area contributed by atoms with Gasteiger partial charge in [0.2, 0.25) is 5.91 Å². The van der Waals surface area contributed by atoms with E-state index >= 15 is 0 Å². The van der Waals surface area contributed by atoms with Crippen LogP contribution in [0.3, 0.4) is 0 Å². The van der Waals surface area contributed by atoms with Gasteiger partial charge in [-0.2, -0.15) is 0 Å². The minimum Gasteiger partial charge on any atom is -0.457 e. The number of ether oxygens (including phenoxy) is 1. The number of hydrogen-bond acceptors (Lipinski definition) is 5. The topological polar surface area (TPSA) is 113 Å². The highest BCUT2D eigenvalue weighted by Gasteiger charge is 2.14. The van der Waals surface area contributed by atoms with Crippen LogP contribution in [-0.2, 0) is 11.3 Å². The fourth-order valence-corrected chi connectivity index (χ4v) is 1.86. The van der Waals surface area contributed by atoms with Crippen LogP contribution in [0.25, 0.3) is 0 Å². The van der Waals surface area contributed by atoms with Gasteiger partial charge in [-0.15, -0.1) is 0 Å². The molecule has 0 unspecified atom stereocenters. The highest BCUT2D eigenvalue weighted by molar-refractivity contribution is 5.94. The predicted molar refractivity (Wildman–Crippen MR) is 77.2 cm³/mol. The molecule has 0 aromatic heterocycles. The number of carbonyl (C=O) groups is 2. The van der Waals surface area contributed by atoms with Crippen molar-refractivity contribution < 1.29 is 19.2 Å². The third kappa shape index (κ3) is 3.45. The molecule has 0 saturated carbocycles. The van der Waals surface area contributed by atoms with Gasteiger partial charge in [-0.1, -0.05) is 24.3 Å². The van der Waals surface area contributed by atoms with Gasteiger partial charge in [0.15, 0.2) is 0 Å². The Labute approximate surface area is 125 Å². The van der Waals surface area contributed by atoms with Crippen LogP contribution in [-0.4, -0.2) is 16.8 Å². The summed E-state index contributed by atoms with van der Waals surface area (Å²) < 4.78 is 5.07. The maximum atomic E-state index is 11.9. The molecule has 0 aliphatic heterocycles. The molecular formula is C15H12N2O5. The van der Waals surface area contributed by atoms with Gasteiger partial charge in [0.25, 0.3) is 5.69 Å². The highest BCUT2D eigenvalue weighted by atomic mass is 16.6. The third-order valence-electron chi connectivity index (χ3n) is 2.93. The Balaban J connectivity index is 2.12. The summed E-state index contributed by atoms with van der Waals surface area (Å²) in [6.07, 6.45) is 0. The summed E-state index contributed by atoms with van der Waals surface area (Å²) in [5.74, 6) is -1.34. The van der Waals surface area contributed by atoms with Crippen molar-refractivity contribution in [2.75, 3.05) is 0 Å². The number of non-ortho nitro benzene ring substituents is 1. The summed E-state index contributed by atoms with van der Waals surface area (Å²) in [5, 5.41) is 10.7. The second-order valence-corrected chi connectivity index (χ2v) is 4.40. The summed E-state index contributed by atoms with van der Waals surface area (Å²) in [6, 6.07) is 11.7. The lowest BCUT2D eigenvalue weighted by Crippen LogP contribution is -2.15. The van der Waals surface area contributed by atoms with Gasteiger partial charge in [-0.05, 0) is 12.1 Å². The number of carbonyl (C=O) groups excluding carboxylic acids is 2. The van der Waals surface area contributed by atoms with Gasteiger partial charge >= 0.3 is 5.97 Å². The number of nitro benzene ring substituents is 1. The lowest BCUT2D eigenvalue weighted by molar-refractivity contribution is -0.384. The molecule has 0 fully saturated rings. The molecule has 0 aliphatic carbocycles. The predicted octanol–water partition coefficient (Wildman–Crippen LogP) is 2.05. The van der Waals surface area contributed by atoms with Crippen molar-refractivity contribution in [3.63, 3.8) is 0 Å². The lowest BCUT2D eigenvalue weighted by atomic mass is 10.1. The van der Waals surface area contributed by atoms with Crippen LogP contribution in [0.4, 0.5) is 5.69 Å². The summed E-state index contributed by atoms with van der Waals surface area (Å²) in [7, 11) is 0. The first-order valence-electron chi connectivity index (χ1n) is 6.28. The average molecular weight is 300 g/mol. The van der Waals surface area contributed by atoms with Gasteiger partial charge in [0, 0.05) is 23.3 Å². The molecule has 0 spiro atoms. The van der Waals surface area contributed by atoms with E-state index in [1.807, 2.05) is 0 Å². The number of nitro groups is 1. The molecule has 7 heteroatoms. The largest absolute Gasteiger partial charge is 0.457 e. The van der Waals surface area contributed by atoms with Gasteiger partial charge in [-0.3, -0.25) is 14.9 Å². The molecule has 2 rings (SSSR count). The second-order valence-electron chi connectivity index (χ2n) is 4.40. The van der Waals surface area contributed by atoms with Gasteiger partial charge < -0.3 is 10.5 Å². The van der Waals surface area contributed by atoms with Crippen molar-refractivity contribution in [1.82, 2.24) is 0 Å². The Morgan fingerprint density at radius 1 is 1.14 bits per heavy atom. The lowest BCUT2D eigenvalue weighted by Gasteiger charge is -2.08. The molecule has 0 saturated heterocycles. The molecular weight excluding hydrogens is 288 g/mol. The number of primary amides is 1. The van der Waals surface area contributed by atoms with Gasteiger partial charge in [-0.25, -0.2) is 4.79 Å². The Morgan fingerprint density at radius 3 is 2.55 bits per heavy atom. The van der Waals surface area contributed by atoms with Gasteiger partial charge in [0.1, 0.15) is 6.61 Å². The normalized spacial score (nSPS) is 10.0. The average Bonchev–Trinajstić information content (AvgIpc) is 2.52. The number of hydrogen-bond donors (Lipinski definition) is 1. The highest BCUT2D eigenvalue weighted by Crippen LogP contribution is 2.15. The fourth-order valence-electron chi connectivity index (χ4n) is 1.86. The number of nitrogens with zero attached hydrogens (tertiary/aromatic N) is 1. The van der Waals surface area contributed by atoms with E-state index in [0.29, 0.717) is 5.56 Å². The van der Waals surface area contributed by atoms with Crippen LogP contribution in [0, 0.1) is 10.1 Å². The summed E-state index contributed by atoms with van der Waals surface area (Å²) >= 11 is 0. The Hall–Kier alpha value is -3.22. The summed E-state index contributed by atoms with van der Waals surface area (Å²) in [5.41, 5.74) is 5.81. The smallest absolute Gasteiger partial charge is 0.338 e. The van der Waals surface area contributed by atoms with Crippen molar-refractivity contribution in [2.24, 2.45) is 5.73 Å². The quantitative estimate of drug-likeness (QED) is 0.516. The molecule has 0 aliphatic rings. The Bertz CT molecular complexity index is 742. The van der Waals surface area contributed by atoms with Crippen LogP contribution in [0.15, 0.2) is 48.5 Å². The van der Waals surface area contributed by atoms with Crippen LogP contribution >= 0.6 is 0 Å². The zero-order chi connectivity index (χ0) is 16.1. The van der Waals surface area contributed by atoms with Gasteiger partial charge in [0.05, 0.1) is 10.5 Å². The number of rotatable bonds is 5. The molecule has 22 heavy (non-hydrogen) atoms. The maximum Gasteiger partial charge on any atom is 0.338 e. The molecule has 2 aromatic rings. The van der Waals surface area contributed by atoms with E-state index in [4.69, 9.17) is 10.5 Å². The van der Waals surface area contributed by atoms with Crippen LogP contribution < -0.4 is 5.73 Å². The van der Waals surface area contributed by atoms with Crippen LogP contribution in [0.1, 0.15) is 26.3 Å². The first-order valence-corrected chi connectivity index (χ1v) is 6.28. The van der Waals surface area contributed by atoms with Crippen molar-refractivity contribution in [3.05, 3.63) is 75.3 Å². The molecule has 1 amide bonds. The van der Waals surface area contributed by atoms with Crippen LogP contribution in [0.5, 0.6) is 0 Å². The number of nitrogens with two attached hydrogens (primary N) is 1. The molecule has 0 atom stereocenters. The zero-order valence-corrected chi connectivity index (χ0v) is 11.4. The van der Waals surface area contributed by atoms with E-state index in [-0.39, 0.29) is 23.4 Å². The minimum atomic E-state index is -0.719. The van der Waals surface area contributed by atoms with Crippen molar-refractivity contribution in [1.29, 1.82) is 0 Å². The Kier molecular flexibility index (Phi) is 4.47. The molecule has 7 nitrogen and oxygen atoms in total. The minimum absolute atomic E-state index is 0.0609. The summed E-state index contributed by atoms with van der Waals surface area (Å²) in [4.78, 5) is 33.3. The monoisotopic (exact) mass is 300 g/mol. The molecule has 2 aromatic carbocycles. The molecule has 0 bridgehead atoms. The molecule has 0 heterocycles. The van der Waals surface area contributed by atoms with Crippen LogP contribution in [0.2, 0.25) is 0 Å². The van der Waals surface area contributed by atoms with E-state index in [0.717, 1.165) is 6.07 Å². The Morgan fingerprint density at radius 2 is 1.86 bits per heavy atom. The standard InChI is InChI=1S/C15H12N2O5/c16-14(18)13-7-2-1-4-11(13)9-22-15(19)10-5-3-6-12(8-10)17(20)21/h1-8H,9H2,(H2,16,18). The summed E-state index contributed by atoms with van der Waals surface area (Å²) in [6.45, 7) is -0.152. The van der Waals surface area contributed by atoms with Crippen molar-refractivity contribution in [2.45, 2.75) is 6.61 Å². The first kappa shape index (κ1) is 15.2. The van der Waals surface area contributed by atoms with E-state index < -0.39 is 16.8 Å². The fraction of sp³-hybridized carbons (Fsp3) is 0.0667. The molecule has 2 N–H and O–H groups in total. The number of amides is 1. The van der Waals surface area contributed by atoms with Crippen molar-refractivity contribution in [3.8, 4) is 0 Å². The first-order chi connectivity index (χ1) is 10.5. The van der Waals surface area contributed by atoms with E-state index in [1.165, 1.54) is 24.3 Å². The molecule has 0 radical (unpaired) electrons. The van der Waals surface area contributed by atoms with E-state index in [9.17, 15) is 19.7 Å². The van der Waals surface area contributed by atoms with E-state index in [2.05, 4.69) is 0 Å². The van der Waals surface area contributed by atoms with Crippen molar-refractivity contribution >= 4 is 17.6 Å². The number of esters is 1.